The standard InChI is InChI=1S/C18H27N3O4/c1-23-11-15-19-16(25-20-15)14-10-21(12-18(14)6-2-3-7-18)17(22)13-4-8-24-9-5-13/h13-14H,2-12H2,1H3. The van der Waals surface area contributed by atoms with E-state index in [1.807, 2.05) is 0 Å². The molecule has 3 aliphatic rings. The van der Waals surface area contributed by atoms with Gasteiger partial charge in [0.2, 0.25) is 11.8 Å². The van der Waals surface area contributed by atoms with Crippen LogP contribution in [0.4, 0.5) is 0 Å². The Hall–Kier alpha value is -1.47. The van der Waals surface area contributed by atoms with E-state index in [9.17, 15) is 4.79 Å². The van der Waals surface area contributed by atoms with Crippen molar-refractivity contribution in [3.05, 3.63) is 11.7 Å². The van der Waals surface area contributed by atoms with Gasteiger partial charge in [0.25, 0.3) is 0 Å². The smallest absolute Gasteiger partial charge is 0.232 e. The van der Waals surface area contributed by atoms with E-state index >= 15 is 0 Å². The summed E-state index contributed by atoms with van der Waals surface area (Å²) < 4.78 is 16.1. The van der Waals surface area contributed by atoms with Crippen LogP contribution in [0.5, 0.6) is 0 Å². The number of ether oxygens (including phenoxy) is 2. The topological polar surface area (TPSA) is 77.7 Å². The van der Waals surface area contributed by atoms with Crippen LogP contribution in [0.1, 0.15) is 56.2 Å². The highest BCUT2D eigenvalue weighted by Crippen LogP contribution is 2.53. The highest BCUT2D eigenvalue weighted by molar-refractivity contribution is 5.79. The molecule has 1 aromatic heterocycles. The number of carbonyl (C=O) groups excluding carboxylic acids is 1. The number of likely N-dealkylation sites (tertiary alicyclic amines) is 1. The predicted molar refractivity (Wildman–Crippen MR) is 88.8 cm³/mol. The highest BCUT2D eigenvalue weighted by atomic mass is 16.5. The molecule has 1 atom stereocenters. The van der Waals surface area contributed by atoms with E-state index < -0.39 is 0 Å². The van der Waals surface area contributed by atoms with E-state index in [0.29, 0.717) is 38.1 Å². The van der Waals surface area contributed by atoms with Crippen LogP contribution in [0, 0.1) is 11.3 Å². The van der Waals surface area contributed by atoms with E-state index in [2.05, 4.69) is 15.0 Å². The number of methoxy groups -OCH3 is 1. The fourth-order valence-electron chi connectivity index (χ4n) is 4.86. The molecule has 2 aliphatic heterocycles. The van der Waals surface area contributed by atoms with Crippen molar-refractivity contribution in [1.82, 2.24) is 15.0 Å². The van der Waals surface area contributed by atoms with Gasteiger partial charge in [0.05, 0.1) is 5.92 Å². The third-order valence-corrected chi connectivity index (χ3v) is 6.18. The summed E-state index contributed by atoms with van der Waals surface area (Å²) in [4.78, 5) is 19.6. The number of rotatable bonds is 4. The lowest BCUT2D eigenvalue weighted by molar-refractivity contribution is -0.137. The normalized spacial score (nSPS) is 26.6. The lowest BCUT2D eigenvalue weighted by Crippen LogP contribution is -2.38. The lowest BCUT2D eigenvalue weighted by atomic mass is 9.76. The molecule has 138 valence electrons. The molecular formula is C18H27N3O4. The van der Waals surface area contributed by atoms with E-state index in [4.69, 9.17) is 14.0 Å². The maximum atomic E-state index is 13.0. The van der Waals surface area contributed by atoms with Crippen molar-refractivity contribution in [3.63, 3.8) is 0 Å². The van der Waals surface area contributed by atoms with Gasteiger partial charge in [-0.3, -0.25) is 4.79 Å². The molecule has 0 aromatic carbocycles. The molecule has 3 fully saturated rings. The summed E-state index contributed by atoms with van der Waals surface area (Å²) in [6.45, 7) is 3.28. The van der Waals surface area contributed by atoms with Crippen molar-refractivity contribution in [3.8, 4) is 0 Å². The summed E-state index contributed by atoms with van der Waals surface area (Å²) in [7, 11) is 1.62. The Morgan fingerprint density at radius 2 is 2.08 bits per heavy atom. The molecule has 25 heavy (non-hydrogen) atoms. The van der Waals surface area contributed by atoms with Gasteiger partial charge in [0.15, 0.2) is 5.82 Å². The predicted octanol–water partition coefficient (Wildman–Crippen LogP) is 2.13. The van der Waals surface area contributed by atoms with Crippen molar-refractivity contribution in [2.24, 2.45) is 11.3 Å². The van der Waals surface area contributed by atoms with Gasteiger partial charge in [-0.15, -0.1) is 0 Å². The summed E-state index contributed by atoms with van der Waals surface area (Å²) in [5.41, 5.74) is 0.109. The van der Waals surface area contributed by atoms with Crippen LogP contribution < -0.4 is 0 Å². The molecule has 7 nitrogen and oxygen atoms in total. The molecule has 1 unspecified atom stereocenters. The average molecular weight is 349 g/mol. The Kier molecular flexibility index (Phi) is 4.78. The van der Waals surface area contributed by atoms with Gasteiger partial charge in [-0.05, 0) is 25.7 Å². The molecule has 7 heteroatoms. The zero-order valence-electron chi connectivity index (χ0n) is 14.9. The molecule has 1 saturated carbocycles. The molecule has 1 spiro atoms. The minimum absolute atomic E-state index is 0.109. The highest BCUT2D eigenvalue weighted by Gasteiger charge is 2.52. The summed E-state index contributed by atoms with van der Waals surface area (Å²) >= 11 is 0. The number of amides is 1. The minimum Gasteiger partial charge on any atom is -0.381 e. The van der Waals surface area contributed by atoms with Gasteiger partial charge in [-0.25, -0.2) is 0 Å². The van der Waals surface area contributed by atoms with E-state index in [1.165, 1.54) is 12.8 Å². The van der Waals surface area contributed by atoms with Crippen LogP contribution in [0.3, 0.4) is 0 Å². The quantitative estimate of drug-likeness (QED) is 0.829. The van der Waals surface area contributed by atoms with Crippen LogP contribution in [-0.2, 0) is 20.9 Å². The van der Waals surface area contributed by atoms with Crippen LogP contribution in [-0.4, -0.2) is 54.4 Å². The lowest BCUT2D eigenvalue weighted by Gasteiger charge is -2.29. The van der Waals surface area contributed by atoms with E-state index in [0.717, 1.165) is 32.2 Å². The summed E-state index contributed by atoms with van der Waals surface area (Å²) in [5, 5.41) is 4.03. The first-order valence-corrected chi connectivity index (χ1v) is 9.40. The Morgan fingerprint density at radius 3 is 2.80 bits per heavy atom. The van der Waals surface area contributed by atoms with E-state index in [1.54, 1.807) is 7.11 Å². The molecule has 4 rings (SSSR count). The van der Waals surface area contributed by atoms with Crippen LogP contribution in [0.25, 0.3) is 0 Å². The molecule has 0 radical (unpaired) electrons. The van der Waals surface area contributed by atoms with Crippen LogP contribution in [0.2, 0.25) is 0 Å². The third kappa shape index (κ3) is 3.19. The molecule has 1 aromatic rings. The number of nitrogens with zero attached hydrogens (tertiary/aromatic N) is 3. The average Bonchev–Trinajstić information content (AvgIpc) is 3.37. The number of hydrogen-bond acceptors (Lipinski definition) is 6. The second-order valence-electron chi connectivity index (χ2n) is 7.71. The zero-order valence-corrected chi connectivity index (χ0v) is 14.9. The first-order chi connectivity index (χ1) is 12.2. The number of carbonyl (C=O) groups is 1. The van der Waals surface area contributed by atoms with Crippen molar-refractivity contribution in [2.75, 3.05) is 33.4 Å². The molecular weight excluding hydrogens is 322 g/mol. The van der Waals surface area contributed by atoms with Gasteiger partial charge >= 0.3 is 0 Å². The van der Waals surface area contributed by atoms with Gasteiger partial charge in [-0.2, -0.15) is 4.98 Å². The van der Waals surface area contributed by atoms with Gasteiger partial charge in [-0.1, -0.05) is 18.0 Å². The Labute approximate surface area is 148 Å². The fraction of sp³-hybridized carbons (Fsp3) is 0.833. The minimum atomic E-state index is 0.109. The molecule has 0 N–H and O–H groups in total. The van der Waals surface area contributed by atoms with Crippen LogP contribution >= 0.6 is 0 Å². The maximum Gasteiger partial charge on any atom is 0.232 e. The summed E-state index contributed by atoms with van der Waals surface area (Å²) in [5.74, 6) is 1.80. The van der Waals surface area contributed by atoms with Crippen molar-refractivity contribution in [1.29, 1.82) is 0 Å². The molecule has 1 aliphatic carbocycles. The summed E-state index contributed by atoms with van der Waals surface area (Å²) in [6.07, 6.45) is 6.38. The maximum absolute atomic E-state index is 13.0. The molecule has 0 bridgehead atoms. The largest absolute Gasteiger partial charge is 0.381 e. The monoisotopic (exact) mass is 349 g/mol. The van der Waals surface area contributed by atoms with Crippen molar-refractivity contribution < 1.29 is 18.8 Å². The van der Waals surface area contributed by atoms with E-state index in [-0.39, 0.29) is 23.2 Å². The van der Waals surface area contributed by atoms with Crippen molar-refractivity contribution in [2.45, 2.75) is 51.0 Å². The second kappa shape index (κ2) is 7.03. The van der Waals surface area contributed by atoms with Gasteiger partial charge in [0.1, 0.15) is 6.61 Å². The Bertz CT molecular complexity index is 605. The zero-order chi connectivity index (χ0) is 17.3. The molecule has 2 saturated heterocycles. The summed E-state index contributed by atoms with van der Waals surface area (Å²) in [6, 6.07) is 0. The number of aromatic nitrogens is 2. The molecule has 1 amide bonds. The van der Waals surface area contributed by atoms with Gasteiger partial charge in [0, 0.05) is 44.7 Å². The second-order valence-corrected chi connectivity index (χ2v) is 7.71. The Morgan fingerprint density at radius 1 is 1.32 bits per heavy atom. The Balaban J connectivity index is 1.53. The first-order valence-electron chi connectivity index (χ1n) is 9.40. The first kappa shape index (κ1) is 17.0. The third-order valence-electron chi connectivity index (χ3n) is 6.18. The molecule has 3 heterocycles. The van der Waals surface area contributed by atoms with Gasteiger partial charge < -0.3 is 18.9 Å². The SMILES string of the molecule is COCc1noc(C2CN(C(=O)C3CCOCC3)CC23CCCC3)n1. The fourth-order valence-corrected chi connectivity index (χ4v) is 4.86. The number of hydrogen-bond donors (Lipinski definition) is 0. The van der Waals surface area contributed by atoms with Crippen LogP contribution in [0.15, 0.2) is 4.52 Å². The van der Waals surface area contributed by atoms with Crippen molar-refractivity contribution >= 4 is 5.91 Å².